The molecule has 106 valence electrons. The summed E-state index contributed by atoms with van der Waals surface area (Å²) in [4.78, 5) is 13.9. The van der Waals surface area contributed by atoms with Gasteiger partial charge in [-0.25, -0.2) is 0 Å². The largest absolute Gasteiger partial charge is 0.388 e. The van der Waals surface area contributed by atoms with E-state index in [1.165, 1.54) is 10.9 Å². The van der Waals surface area contributed by atoms with Crippen LogP contribution in [0.25, 0.3) is 0 Å². The summed E-state index contributed by atoms with van der Waals surface area (Å²) in [6.07, 6.45) is 0. The molecule has 0 saturated heterocycles. The van der Waals surface area contributed by atoms with Crippen LogP contribution in [0.4, 0.5) is 17.1 Å². The predicted octanol–water partition coefficient (Wildman–Crippen LogP) is 3.90. The Kier molecular flexibility index (Phi) is 4.24. The second-order valence-corrected chi connectivity index (χ2v) is 5.53. The van der Waals surface area contributed by atoms with Gasteiger partial charge in [-0.3, -0.25) is 10.1 Å². The zero-order valence-corrected chi connectivity index (χ0v) is 12.5. The van der Waals surface area contributed by atoms with E-state index in [1.54, 1.807) is 24.5 Å². The van der Waals surface area contributed by atoms with E-state index in [1.807, 2.05) is 29.5 Å². The van der Waals surface area contributed by atoms with Crippen molar-refractivity contribution in [3.05, 3.63) is 50.7 Å². The molecule has 0 aliphatic carbocycles. The second kappa shape index (κ2) is 5.92. The van der Waals surface area contributed by atoms with Gasteiger partial charge in [0.05, 0.1) is 11.0 Å². The predicted molar refractivity (Wildman–Crippen MR) is 83.8 cm³/mol. The molecule has 2 aromatic rings. The van der Waals surface area contributed by atoms with Crippen LogP contribution in [0.2, 0.25) is 0 Å². The monoisotopic (exact) mass is 291 g/mol. The SMILES string of the molecule is CNc1cc(N(C)C(C)c2cccs2)cc([N+](=O)[O-])c1. The van der Waals surface area contributed by atoms with E-state index in [9.17, 15) is 10.1 Å². The van der Waals surface area contributed by atoms with Crippen molar-refractivity contribution in [2.24, 2.45) is 0 Å². The summed E-state index contributed by atoms with van der Waals surface area (Å²) in [6.45, 7) is 2.09. The van der Waals surface area contributed by atoms with Gasteiger partial charge in [-0.2, -0.15) is 0 Å². The van der Waals surface area contributed by atoms with Crippen molar-refractivity contribution >= 4 is 28.4 Å². The van der Waals surface area contributed by atoms with Gasteiger partial charge < -0.3 is 10.2 Å². The lowest BCUT2D eigenvalue weighted by molar-refractivity contribution is -0.384. The van der Waals surface area contributed by atoms with Gasteiger partial charge in [0.15, 0.2) is 0 Å². The Morgan fingerprint density at radius 2 is 2.15 bits per heavy atom. The van der Waals surface area contributed by atoms with Crippen LogP contribution in [0.3, 0.4) is 0 Å². The van der Waals surface area contributed by atoms with Gasteiger partial charge in [-0.05, 0) is 24.4 Å². The maximum absolute atomic E-state index is 11.0. The lowest BCUT2D eigenvalue weighted by atomic mass is 10.2. The van der Waals surface area contributed by atoms with E-state index in [0.29, 0.717) is 0 Å². The molecular weight excluding hydrogens is 274 g/mol. The molecule has 1 unspecified atom stereocenters. The van der Waals surface area contributed by atoms with Crippen LogP contribution in [0, 0.1) is 10.1 Å². The van der Waals surface area contributed by atoms with Crippen molar-refractivity contribution in [2.45, 2.75) is 13.0 Å². The third-order valence-electron chi connectivity index (χ3n) is 3.35. The molecular formula is C14H17N3O2S. The molecule has 1 N–H and O–H groups in total. The van der Waals surface area contributed by atoms with Crippen molar-refractivity contribution < 1.29 is 4.92 Å². The summed E-state index contributed by atoms with van der Waals surface area (Å²) in [5.41, 5.74) is 1.65. The van der Waals surface area contributed by atoms with Gasteiger partial charge >= 0.3 is 0 Å². The Balaban J connectivity index is 2.36. The maximum atomic E-state index is 11.0. The minimum absolute atomic E-state index is 0.0945. The molecule has 2 rings (SSSR count). The number of hydrogen-bond acceptors (Lipinski definition) is 5. The Hall–Kier alpha value is -2.08. The molecule has 0 fully saturated rings. The normalized spacial score (nSPS) is 11.9. The highest BCUT2D eigenvalue weighted by Crippen LogP contribution is 2.32. The number of anilines is 2. The van der Waals surface area contributed by atoms with Crippen molar-refractivity contribution in [3.8, 4) is 0 Å². The zero-order valence-electron chi connectivity index (χ0n) is 11.7. The van der Waals surface area contributed by atoms with Crippen molar-refractivity contribution in [1.29, 1.82) is 0 Å². The molecule has 5 nitrogen and oxygen atoms in total. The van der Waals surface area contributed by atoms with Crippen LogP contribution < -0.4 is 10.2 Å². The van der Waals surface area contributed by atoms with Crippen molar-refractivity contribution in [3.63, 3.8) is 0 Å². The molecule has 1 heterocycles. The molecule has 1 atom stereocenters. The number of nitro benzene ring substituents is 1. The Morgan fingerprint density at radius 3 is 2.70 bits per heavy atom. The molecule has 0 saturated carbocycles. The number of rotatable bonds is 5. The zero-order chi connectivity index (χ0) is 14.7. The summed E-state index contributed by atoms with van der Waals surface area (Å²) in [5.74, 6) is 0. The first-order valence-electron chi connectivity index (χ1n) is 6.26. The number of thiophene rings is 1. The number of nitrogens with one attached hydrogen (secondary N) is 1. The number of nitro groups is 1. The first-order valence-corrected chi connectivity index (χ1v) is 7.14. The molecule has 20 heavy (non-hydrogen) atoms. The maximum Gasteiger partial charge on any atom is 0.273 e. The third kappa shape index (κ3) is 2.91. The van der Waals surface area contributed by atoms with Crippen LogP contribution in [-0.4, -0.2) is 19.0 Å². The Labute approximate surface area is 122 Å². The van der Waals surface area contributed by atoms with Gasteiger partial charge in [0.25, 0.3) is 5.69 Å². The lowest BCUT2D eigenvalue weighted by Crippen LogP contribution is -2.21. The van der Waals surface area contributed by atoms with E-state index in [4.69, 9.17) is 0 Å². The topological polar surface area (TPSA) is 58.4 Å². The summed E-state index contributed by atoms with van der Waals surface area (Å²) in [5, 5.41) is 16.0. The van der Waals surface area contributed by atoms with Gasteiger partial charge in [0.1, 0.15) is 0 Å². The van der Waals surface area contributed by atoms with Crippen LogP contribution >= 0.6 is 11.3 Å². The number of non-ortho nitro benzene ring substituents is 1. The fraction of sp³-hybridized carbons (Fsp3) is 0.286. The average molecular weight is 291 g/mol. The number of nitrogens with zero attached hydrogens (tertiary/aromatic N) is 2. The number of benzene rings is 1. The molecule has 0 amide bonds. The summed E-state index contributed by atoms with van der Waals surface area (Å²) in [7, 11) is 3.70. The standard InChI is InChI=1S/C14H17N3O2S/c1-10(14-5-4-6-20-14)16(3)12-7-11(15-2)8-13(9-12)17(18)19/h4-10,15H,1-3H3. The highest BCUT2D eigenvalue weighted by atomic mass is 32.1. The molecule has 0 aliphatic heterocycles. The molecule has 0 aliphatic rings. The smallest absolute Gasteiger partial charge is 0.273 e. The van der Waals surface area contributed by atoms with Gasteiger partial charge in [-0.15, -0.1) is 11.3 Å². The van der Waals surface area contributed by atoms with E-state index in [2.05, 4.69) is 18.3 Å². The van der Waals surface area contributed by atoms with Crippen LogP contribution in [-0.2, 0) is 0 Å². The minimum atomic E-state index is -0.367. The molecule has 0 bridgehead atoms. The quantitative estimate of drug-likeness (QED) is 0.670. The molecule has 1 aromatic heterocycles. The highest BCUT2D eigenvalue weighted by Gasteiger charge is 2.17. The average Bonchev–Trinajstić information content (AvgIpc) is 2.99. The summed E-state index contributed by atoms with van der Waals surface area (Å²) < 4.78 is 0. The summed E-state index contributed by atoms with van der Waals surface area (Å²) >= 11 is 1.68. The number of hydrogen-bond donors (Lipinski definition) is 1. The van der Waals surface area contributed by atoms with Crippen molar-refractivity contribution in [1.82, 2.24) is 0 Å². The summed E-state index contributed by atoms with van der Waals surface area (Å²) in [6, 6.07) is 9.30. The van der Waals surface area contributed by atoms with E-state index in [-0.39, 0.29) is 16.7 Å². The van der Waals surface area contributed by atoms with E-state index < -0.39 is 0 Å². The van der Waals surface area contributed by atoms with Crippen LogP contribution in [0.5, 0.6) is 0 Å². The van der Waals surface area contributed by atoms with Crippen LogP contribution in [0.1, 0.15) is 17.8 Å². The molecule has 6 heteroatoms. The highest BCUT2D eigenvalue weighted by molar-refractivity contribution is 7.10. The van der Waals surface area contributed by atoms with Gasteiger partial charge in [0, 0.05) is 42.5 Å². The fourth-order valence-corrected chi connectivity index (χ4v) is 2.82. The second-order valence-electron chi connectivity index (χ2n) is 4.55. The minimum Gasteiger partial charge on any atom is -0.388 e. The lowest BCUT2D eigenvalue weighted by Gasteiger charge is -2.26. The molecule has 0 radical (unpaired) electrons. The van der Waals surface area contributed by atoms with E-state index >= 15 is 0 Å². The van der Waals surface area contributed by atoms with Gasteiger partial charge in [0.2, 0.25) is 0 Å². The molecule has 1 aromatic carbocycles. The van der Waals surface area contributed by atoms with Crippen LogP contribution in [0.15, 0.2) is 35.7 Å². The van der Waals surface area contributed by atoms with E-state index in [0.717, 1.165) is 11.4 Å². The van der Waals surface area contributed by atoms with Gasteiger partial charge in [-0.1, -0.05) is 6.07 Å². The fourth-order valence-electron chi connectivity index (χ4n) is 1.99. The third-order valence-corrected chi connectivity index (χ3v) is 4.39. The Bertz CT molecular complexity index is 598. The molecule has 0 spiro atoms. The van der Waals surface area contributed by atoms with Crippen molar-refractivity contribution in [2.75, 3.05) is 24.3 Å². The first-order chi connectivity index (χ1) is 9.52. The first kappa shape index (κ1) is 14.3. The Morgan fingerprint density at radius 1 is 1.40 bits per heavy atom.